The van der Waals surface area contributed by atoms with E-state index in [-0.39, 0.29) is 0 Å². The predicted octanol–water partition coefficient (Wildman–Crippen LogP) is 5.36. The molecule has 2 rings (SSSR count). The Labute approximate surface area is 123 Å². The fourth-order valence-corrected chi connectivity index (χ4v) is 2.09. The Hall–Kier alpha value is -1.03. The minimum atomic E-state index is 0.318. The quantitative estimate of drug-likeness (QED) is 0.700. The van der Waals surface area contributed by atoms with Crippen LogP contribution in [0.1, 0.15) is 10.4 Å². The molecule has 0 atom stereocenters. The van der Waals surface area contributed by atoms with Crippen molar-refractivity contribution in [3.05, 3.63) is 56.5 Å². The highest BCUT2D eigenvalue weighted by Gasteiger charge is 2.09. The van der Waals surface area contributed by atoms with E-state index >= 15 is 0 Å². The summed E-state index contributed by atoms with van der Waals surface area (Å²) >= 11 is 15.2. The van der Waals surface area contributed by atoms with Crippen LogP contribution in [0.15, 0.2) is 40.9 Å². The summed E-state index contributed by atoms with van der Waals surface area (Å²) in [6.45, 7) is 0. The third kappa shape index (κ3) is 2.86. The van der Waals surface area contributed by atoms with E-state index in [9.17, 15) is 4.79 Å². The molecule has 0 bridgehead atoms. The fourth-order valence-electron chi connectivity index (χ4n) is 1.39. The first-order valence-corrected chi connectivity index (χ1v) is 6.53. The zero-order chi connectivity index (χ0) is 13.1. The van der Waals surface area contributed by atoms with Gasteiger partial charge < -0.3 is 4.74 Å². The monoisotopic (exact) mass is 344 g/mol. The van der Waals surface area contributed by atoms with Crippen LogP contribution in [-0.2, 0) is 0 Å². The topological polar surface area (TPSA) is 26.3 Å². The molecule has 2 aromatic rings. The first kappa shape index (κ1) is 13.4. The van der Waals surface area contributed by atoms with Gasteiger partial charge in [-0.2, -0.15) is 0 Å². The predicted molar refractivity (Wildman–Crippen MR) is 76.1 cm³/mol. The minimum Gasteiger partial charge on any atom is -0.455 e. The number of hydrogen-bond acceptors (Lipinski definition) is 2. The van der Waals surface area contributed by atoms with Gasteiger partial charge in [-0.1, -0.05) is 45.2 Å². The van der Waals surface area contributed by atoms with Crippen molar-refractivity contribution in [3.8, 4) is 11.5 Å². The Kier molecular flexibility index (Phi) is 4.27. The lowest BCUT2D eigenvalue weighted by Gasteiger charge is -2.10. The average Bonchev–Trinajstić information content (AvgIpc) is 2.37. The number of halogens is 3. The van der Waals surface area contributed by atoms with Crippen LogP contribution < -0.4 is 4.74 Å². The van der Waals surface area contributed by atoms with Gasteiger partial charge >= 0.3 is 0 Å². The van der Waals surface area contributed by atoms with Crippen molar-refractivity contribution >= 4 is 45.4 Å². The molecule has 18 heavy (non-hydrogen) atoms. The Morgan fingerprint density at radius 3 is 2.61 bits per heavy atom. The summed E-state index contributed by atoms with van der Waals surface area (Å²) in [5.41, 5.74) is 0.431. The lowest BCUT2D eigenvalue weighted by molar-refractivity contribution is 0.112. The number of aldehydes is 1. The maximum Gasteiger partial charge on any atom is 0.153 e. The SMILES string of the molecule is O=Cc1cc(Br)ccc1Oc1cccc(Cl)c1Cl. The van der Waals surface area contributed by atoms with Crippen LogP contribution in [0.5, 0.6) is 11.5 Å². The summed E-state index contributed by atoms with van der Waals surface area (Å²) in [5, 5.41) is 0.720. The van der Waals surface area contributed by atoms with Crippen LogP contribution in [0.4, 0.5) is 0 Å². The van der Waals surface area contributed by atoms with Gasteiger partial charge in [-0.25, -0.2) is 0 Å². The highest BCUT2D eigenvalue weighted by Crippen LogP contribution is 2.35. The standard InChI is InChI=1S/C13H7BrCl2O2/c14-9-4-5-11(8(6-9)7-17)18-12-3-1-2-10(15)13(12)16/h1-7H. The van der Waals surface area contributed by atoms with Crippen molar-refractivity contribution in [2.45, 2.75) is 0 Å². The third-order valence-electron chi connectivity index (χ3n) is 2.23. The molecule has 2 nitrogen and oxygen atoms in total. The summed E-state index contributed by atoms with van der Waals surface area (Å²) in [5.74, 6) is 0.840. The second kappa shape index (κ2) is 5.74. The van der Waals surface area contributed by atoms with E-state index in [2.05, 4.69) is 15.9 Å². The molecule has 0 unspecified atom stereocenters. The molecule has 0 heterocycles. The molecule has 0 aliphatic rings. The minimum absolute atomic E-state index is 0.318. The average molecular weight is 346 g/mol. The molecule has 0 N–H and O–H groups in total. The molecule has 2 aromatic carbocycles. The van der Waals surface area contributed by atoms with Crippen LogP contribution in [0.3, 0.4) is 0 Å². The van der Waals surface area contributed by atoms with Crippen molar-refractivity contribution in [2.75, 3.05) is 0 Å². The van der Waals surface area contributed by atoms with Crippen LogP contribution in [0.25, 0.3) is 0 Å². The van der Waals surface area contributed by atoms with Crippen LogP contribution in [0, 0.1) is 0 Å². The van der Waals surface area contributed by atoms with E-state index < -0.39 is 0 Å². The number of hydrogen-bond donors (Lipinski definition) is 0. The Bertz CT molecular complexity index is 600. The van der Waals surface area contributed by atoms with Gasteiger partial charge in [0.05, 0.1) is 10.6 Å². The lowest BCUT2D eigenvalue weighted by Crippen LogP contribution is -1.91. The summed E-state index contributed by atoms with van der Waals surface area (Å²) in [6.07, 6.45) is 0.721. The second-order valence-corrected chi connectivity index (χ2v) is 5.15. The molecule has 5 heteroatoms. The van der Waals surface area contributed by atoms with Gasteiger partial charge in [0.25, 0.3) is 0 Å². The molecule has 0 saturated carbocycles. The lowest BCUT2D eigenvalue weighted by atomic mass is 10.2. The number of carbonyl (C=O) groups is 1. The van der Waals surface area contributed by atoms with E-state index in [0.717, 1.165) is 10.8 Å². The largest absolute Gasteiger partial charge is 0.455 e. The Morgan fingerprint density at radius 2 is 1.89 bits per heavy atom. The van der Waals surface area contributed by atoms with Crippen LogP contribution >= 0.6 is 39.1 Å². The number of carbonyl (C=O) groups excluding carboxylic acids is 1. The number of rotatable bonds is 3. The van der Waals surface area contributed by atoms with E-state index in [1.807, 2.05) is 0 Å². The molecular weight excluding hydrogens is 339 g/mol. The maximum atomic E-state index is 11.0. The summed E-state index contributed by atoms with van der Waals surface area (Å²) in [4.78, 5) is 11.0. The summed E-state index contributed by atoms with van der Waals surface area (Å²) in [7, 11) is 0. The Balaban J connectivity index is 2.40. The van der Waals surface area contributed by atoms with Gasteiger partial charge in [-0.05, 0) is 30.3 Å². The molecule has 0 aliphatic heterocycles. The zero-order valence-electron chi connectivity index (χ0n) is 8.99. The van der Waals surface area contributed by atoms with Crippen LogP contribution in [0.2, 0.25) is 10.0 Å². The zero-order valence-corrected chi connectivity index (χ0v) is 12.1. The normalized spacial score (nSPS) is 10.2. The van der Waals surface area contributed by atoms with E-state index in [0.29, 0.717) is 27.1 Å². The van der Waals surface area contributed by atoms with Crippen molar-refractivity contribution in [3.63, 3.8) is 0 Å². The fraction of sp³-hybridized carbons (Fsp3) is 0. The third-order valence-corrected chi connectivity index (χ3v) is 3.53. The molecular formula is C13H7BrCl2O2. The van der Waals surface area contributed by atoms with E-state index in [1.54, 1.807) is 36.4 Å². The van der Waals surface area contributed by atoms with Gasteiger partial charge in [-0.3, -0.25) is 4.79 Å². The second-order valence-electron chi connectivity index (χ2n) is 3.45. The summed E-state index contributed by atoms with van der Waals surface area (Å²) < 4.78 is 6.40. The van der Waals surface area contributed by atoms with Gasteiger partial charge in [0.2, 0.25) is 0 Å². The molecule has 0 radical (unpaired) electrons. The van der Waals surface area contributed by atoms with Crippen molar-refractivity contribution < 1.29 is 9.53 Å². The van der Waals surface area contributed by atoms with Crippen LogP contribution in [-0.4, -0.2) is 6.29 Å². The molecule has 0 aliphatic carbocycles. The first-order chi connectivity index (χ1) is 8.61. The highest BCUT2D eigenvalue weighted by atomic mass is 79.9. The maximum absolute atomic E-state index is 11.0. The summed E-state index contributed by atoms with van der Waals surface area (Å²) in [6, 6.07) is 10.2. The Morgan fingerprint density at radius 1 is 1.11 bits per heavy atom. The molecule has 0 spiro atoms. The van der Waals surface area contributed by atoms with E-state index in [4.69, 9.17) is 27.9 Å². The van der Waals surface area contributed by atoms with Crippen molar-refractivity contribution in [2.24, 2.45) is 0 Å². The molecule has 0 amide bonds. The molecule has 0 saturated heterocycles. The first-order valence-electron chi connectivity index (χ1n) is 4.98. The number of ether oxygens (including phenoxy) is 1. The van der Waals surface area contributed by atoms with Gasteiger partial charge in [0, 0.05) is 4.47 Å². The molecule has 92 valence electrons. The molecule has 0 fully saturated rings. The van der Waals surface area contributed by atoms with Gasteiger partial charge in [-0.15, -0.1) is 0 Å². The van der Waals surface area contributed by atoms with Gasteiger partial charge in [0.1, 0.15) is 16.5 Å². The molecule has 0 aromatic heterocycles. The smallest absolute Gasteiger partial charge is 0.153 e. The van der Waals surface area contributed by atoms with Crippen molar-refractivity contribution in [1.82, 2.24) is 0 Å². The number of benzene rings is 2. The van der Waals surface area contributed by atoms with E-state index in [1.165, 1.54) is 0 Å². The van der Waals surface area contributed by atoms with Crippen molar-refractivity contribution in [1.29, 1.82) is 0 Å². The van der Waals surface area contributed by atoms with Gasteiger partial charge in [0.15, 0.2) is 6.29 Å². The highest BCUT2D eigenvalue weighted by molar-refractivity contribution is 9.10.